The number of carbonyl (C=O) groups is 1. The number of aromatic nitrogens is 2. The lowest BCUT2D eigenvalue weighted by atomic mass is 9.93. The van der Waals surface area contributed by atoms with Gasteiger partial charge in [-0.15, -0.1) is 11.3 Å². The molecule has 6 heteroatoms. The van der Waals surface area contributed by atoms with Gasteiger partial charge in [-0.3, -0.25) is 0 Å². The molecule has 3 heterocycles. The number of hydrogen-bond acceptors (Lipinski definition) is 6. The van der Waals surface area contributed by atoms with Crippen molar-refractivity contribution in [1.29, 1.82) is 0 Å². The van der Waals surface area contributed by atoms with Crippen LogP contribution in [0.5, 0.6) is 0 Å². The van der Waals surface area contributed by atoms with E-state index >= 15 is 0 Å². The van der Waals surface area contributed by atoms with Gasteiger partial charge in [0, 0.05) is 17.1 Å². The smallest absolute Gasteiger partial charge is 0.357 e. The summed E-state index contributed by atoms with van der Waals surface area (Å²) in [6.45, 7) is 0.145. The van der Waals surface area contributed by atoms with Crippen molar-refractivity contribution >= 4 is 17.3 Å². The van der Waals surface area contributed by atoms with Gasteiger partial charge in [-0.25, -0.2) is 14.8 Å². The van der Waals surface area contributed by atoms with Crippen molar-refractivity contribution in [2.45, 2.75) is 32.3 Å². The third-order valence-electron chi connectivity index (χ3n) is 4.11. The van der Waals surface area contributed by atoms with E-state index in [1.807, 2.05) is 23.7 Å². The number of fused-ring (bicyclic) bond motifs is 1. The molecule has 0 saturated carbocycles. The monoisotopic (exact) mass is 340 g/mol. The second-order valence-electron chi connectivity index (χ2n) is 5.78. The fraction of sp³-hybridized carbons (Fsp3) is 0.278. The summed E-state index contributed by atoms with van der Waals surface area (Å²) in [4.78, 5) is 20.9. The number of nitrogens with zero attached hydrogens (tertiary/aromatic N) is 2. The zero-order valence-electron chi connectivity index (χ0n) is 13.0. The van der Waals surface area contributed by atoms with Crippen LogP contribution in [-0.4, -0.2) is 15.9 Å². The van der Waals surface area contributed by atoms with Crippen LogP contribution in [0.3, 0.4) is 0 Å². The van der Waals surface area contributed by atoms with Gasteiger partial charge in [-0.1, -0.05) is 0 Å². The number of esters is 1. The molecule has 122 valence electrons. The zero-order valence-corrected chi connectivity index (χ0v) is 13.8. The van der Waals surface area contributed by atoms with Crippen LogP contribution in [0.2, 0.25) is 0 Å². The van der Waals surface area contributed by atoms with Gasteiger partial charge in [0.25, 0.3) is 0 Å². The minimum atomic E-state index is -0.402. The molecule has 5 nitrogen and oxygen atoms in total. The summed E-state index contributed by atoms with van der Waals surface area (Å²) in [6, 6.07) is 3.72. The molecular weight excluding hydrogens is 324 g/mol. The van der Waals surface area contributed by atoms with Crippen LogP contribution in [0.1, 0.15) is 40.2 Å². The van der Waals surface area contributed by atoms with E-state index in [0.29, 0.717) is 5.69 Å². The van der Waals surface area contributed by atoms with Crippen molar-refractivity contribution in [3.05, 3.63) is 58.8 Å². The number of aryl methyl sites for hydroxylation is 2. The molecule has 0 radical (unpaired) electrons. The van der Waals surface area contributed by atoms with Crippen LogP contribution in [0.15, 0.2) is 40.7 Å². The number of rotatable bonds is 4. The predicted molar refractivity (Wildman–Crippen MR) is 89.8 cm³/mol. The van der Waals surface area contributed by atoms with Gasteiger partial charge in [0.2, 0.25) is 0 Å². The Hall–Kier alpha value is -2.47. The van der Waals surface area contributed by atoms with Crippen LogP contribution < -0.4 is 0 Å². The van der Waals surface area contributed by atoms with E-state index in [1.54, 1.807) is 12.5 Å². The highest BCUT2D eigenvalue weighted by molar-refractivity contribution is 7.13. The van der Waals surface area contributed by atoms with Gasteiger partial charge >= 0.3 is 5.97 Å². The molecule has 0 saturated heterocycles. The third-order valence-corrected chi connectivity index (χ3v) is 5.05. The molecule has 1 aliphatic rings. The number of thiazole rings is 1. The standard InChI is InChI=1S/C18H16N2O3S/c21-18(16-7-12-3-1-2-4-13(12)8-19-16)23-10-15-11-24-17(20-15)14-5-6-22-9-14/h5-9,11H,1-4,10H2. The van der Waals surface area contributed by atoms with Gasteiger partial charge in [0.15, 0.2) is 0 Å². The van der Waals surface area contributed by atoms with Crippen molar-refractivity contribution in [3.8, 4) is 10.6 Å². The maximum Gasteiger partial charge on any atom is 0.357 e. The summed E-state index contributed by atoms with van der Waals surface area (Å²) in [5, 5.41) is 2.73. The first-order valence-electron chi connectivity index (χ1n) is 7.91. The van der Waals surface area contributed by atoms with E-state index in [9.17, 15) is 4.79 Å². The molecule has 1 aliphatic carbocycles. The Morgan fingerprint density at radius 3 is 3.00 bits per heavy atom. The van der Waals surface area contributed by atoms with Gasteiger partial charge in [-0.05, 0) is 48.9 Å². The molecule has 0 fully saturated rings. The first-order chi connectivity index (χ1) is 11.8. The normalized spacial score (nSPS) is 13.5. The Labute approximate surface area is 143 Å². The van der Waals surface area contributed by atoms with Crippen LogP contribution in [-0.2, 0) is 24.2 Å². The zero-order chi connectivity index (χ0) is 16.4. The van der Waals surface area contributed by atoms with Gasteiger partial charge < -0.3 is 9.15 Å². The average molecular weight is 340 g/mol. The first-order valence-corrected chi connectivity index (χ1v) is 8.79. The average Bonchev–Trinajstić information content (AvgIpc) is 3.30. The number of hydrogen-bond donors (Lipinski definition) is 0. The predicted octanol–water partition coefficient (Wildman–Crippen LogP) is 4.03. The van der Waals surface area contributed by atoms with E-state index in [-0.39, 0.29) is 6.61 Å². The summed E-state index contributed by atoms with van der Waals surface area (Å²) < 4.78 is 10.4. The summed E-state index contributed by atoms with van der Waals surface area (Å²) in [7, 11) is 0. The minimum Gasteiger partial charge on any atom is -0.472 e. The molecule has 0 atom stereocenters. The fourth-order valence-electron chi connectivity index (χ4n) is 2.83. The van der Waals surface area contributed by atoms with Crippen LogP contribution in [0.4, 0.5) is 0 Å². The van der Waals surface area contributed by atoms with E-state index < -0.39 is 5.97 Å². The lowest BCUT2D eigenvalue weighted by Crippen LogP contribution is -2.11. The molecule has 0 aromatic carbocycles. The molecule has 0 unspecified atom stereocenters. The van der Waals surface area contributed by atoms with Crippen molar-refractivity contribution in [1.82, 2.24) is 9.97 Å². The van der Waals surface area contributed by atoms with Crippen LogP contribution >= 0.6 is 11.3 Å². The first kappa shape index (κ1) is 15.1. The molecular formula is C18H16N2O3S. The van der Waals surface area contributed by atoms with E-state index in [2.05, 4.69) is 9.97 Å². The molecule has 3 aromatic rings. The second-order valence-corrected chi connectivity index (χ2v) is 6.64. The van der Waals surface area contributed by atoms with E-state index in [0.717, 1.165) is 29.1 Å². The summed E-state index contributed by atoms with van der Waals surface area (Å²) in [5.74, 6) is -0.402. The van der Waals surface area contributed by atoms with Gasteiger partial charge in [-0.2, -0.15) is 0 Å². The molecule has 4 rings (SSSR count). The van der Waals surface area contributed by atoms with Gasteiger partial charge in [0.1, 0.15) is 23.6 Å². The molecule has 3 aromatic heterocycles. The van der Waals surface area contributed by atoms with E-state index in [4.69, 9.17) is 9.15 Å². The third kappa shape index (κ3) is 3.10. The Bertz CT molecular complexity index is 855. The van der Waals surface area contributed by atoms with Crippen LogP contribution in [0.25, 0.3) is 10.6 Å². The summed E-state index contributed by atoms with van der Waals surface area (Å²) in [6.07, 6.45) is 9.49. The van der Waals surface area contributed by atoms with Gasteiger partial charge in [0.05, 0.1) is 12.0 Å². The van der Waals surface area contributed by atoms with Crippen molar-refractivity contribution in [3.63, 3.8) is 0 Å². The summed E-state index contributed by atoms with van der Waals surface area (Å²) in [5.41, 5.74) is 4.50. The Morgan fingerprint density at radius 1 is 1.29 bits per heavy atom. The number of ether oxygens (including phenoxy) is 1. The number of pyridine rings is 1. The quantitative estimate of drug-likeness (QED) is 0.671. The molecule has 0 bridgehead atoms. The second kappa shape index (κ2) is 6.57. The Kier molecular flexibility index (Phi) is 4.13. The van der Waals surface area contributed by atoms with Crippen molar-refractivity contribution in [2.75, 3.05) is 0 Å². The molecule has 0 spiro atoms. The van der Waals surface area contributed by atoms with Crippen molar-refractivity contribution < 1.29 is 13.9 Å². The maximum atomic E-state index is 12.2. The van der Waals surface area contributed by atoms with E-state index in [1.165, 1.54) is 35.3 Å². The highest BCUT2D eigenvalue weighted by Crippen LogP contribution is 2.24. The minimum absolute atomic E-state index is 0.145. The SMILES string of the molecule is O=C(OCc1csc(-c2ccoc2)n1)c1cc2c(cn1)CCCC2. The Balaban J connectivity index is 1.41. The molecule has 0 N–H and O–H groups in total. The van der Waals surface area contributed by atoms with Crippen molar-refractivity contribution in [2.24, 2.45) is 0 Å². The fourth-order valence-corrected chi connectivity index (χ4v) is 3.62. The summed E-state index contributed by atoms with van der Waals surface area (Å²) >= 11 is 1.50. The highest BCUT2D eigenvalue weighted by atomic mass is 32.1. The van der Waals surface area contributed by atoms with Crippen LogP contribution in [0, 0.1) is 0 Å². The molecule has 24 heavy (non-hydrogen) atoms. The highest BCUT2D eigenvalue weighted by Gasteiger charge is 2.16. The topological polar surface area (TPSA) is 65.2 Å². The molecule has 0 aliphatic heterocycles. The largest absolute Gasteiger partial charge is 0.472 e. The Morgan fingerprint density at radius 2 is 2.17 bits per heavy atom. The maximum absolute atomic E-state index is 12.2. The number of furan rings is 1. The number of carbonyl (C=O) groups excluding carboxylic acids is 1. The lowest BCUT2D eigenvalue weighted by molar-refractivity contribution is 0.0461. The lowest BCUT2D eigenvalue weighted by Gasteiger charge is -2.15. The molecule has 0 amide bonds.